The van der Waals surface area contributed by atoms with Crippen LogP contribution >= 0.6 is 0 Å². The summed E-state index contributed by atoms with van der Waals surface area (Å²) < 4.78 is 0. The number of carbonyl (C=O) groups is 1. The van der Waals surface area contributed by atoms with Crippen molar-refractivity contribution in [3.8, 4) is 0 Å². The molecule has 5 heteroatoms. The van der Waals surface area contributed by atoms with Crippen LogP contribution in [-0.4, -0.2) is 23.1 Å². The van der Waals surface area contributed by atoms with Crippen molar-refractivity contribution in [3.63, 3.8) is 0 Å². The van der Waals surface area contributed by atoms with Crippen LogP contribution in [0, 0.1) is 0 Å². The number of carboxylic acids is 1. The minimum atomic E-state index is -1.03. The van der Waals surface area contributed by atoms with Gasteiger partial charge in [-0.25, -0.2) is 0 Å². The van der Waals surface area contributed by atoms with Gasteiger partial charge in [0.25, 0.3) is 0 Å². The van der Waals surface area contributed by atoms with Crippen LogP contribution in [0.15, 0.2) is 21.9 Å². The molecule has 1 rings (SSSR count). The highest BCUT2D eigenvalue weighted by atomic mass is 16.4. The van der Waals surface area contributed by atoms with Gasteiger partial charge in [0.15, 0.2) is 0 Å². The Balaban J connectivity index is 2.44. The molecule has 0 saturated heterocycles. The van der Waals surface area contributed by atoms with E-state index in [9.17, 15) is 4.79 Å². The Morgan fingerprint density at radius 2 is 2.64 bits per heavy atom. The fourth-order valence-electron chi connectivity index (χ4n) is 0.636. The van der Waals surface area contributed by atoms with Crippen molar-refractivity contribution in [1.29, 1.82) is 0 Å². The van der Waals surface area contributed by atoms with Crippen LogP contribution in [0.4, 0.5) is 0 Å². The molecule has 1 heterocycles. The SMILES string of the molecule is NC(CC1=CN=C=N1)C(=O)O. The van der Waals surface area contributed by atoms with Gasteiger partial charge in [-0.05, 0) is 0 Å². The summed E-state index contributed by atoms with van der Waals surface area (Å²) in [5.41, 5.74) is 5.78. The van der Waals surface area contributed by atoms with Gasteiger partial charge < -0.3 is 10.8 Å². The van der Waals surface area contributed by atoms with E-state index < -0.39 is 12.0 Å². The molecule has 0 aromatic rings. The molecular weight excluding hydrogens is 146 g/mol. The number of nitrogens with two attached hydrogens (primary N) is 1. The molecule has 0 aliphatic carbocycles. The lowest BCUT2D eigenvalue weighted by Gasteiger charge is -2.02. The standard InChI is InChI=1S/C6H7N3O2/c7-5(6(10)11)1-4-2-8-3-9-4/h2,5H,1,7H2,(H,10,11). The minimum Gasteiger partial charge on any atom is -0.480 e. The summed E-state index contributed by atoms with van der Waals surface area (Å²) in [5, 5.41) is 8.40. The Hall–Kier alpha value is -1.45. The van der Waals surface area contributed by atoms with Gasteiger partial charge in [-0.3, -0.25) is 4.79 Å². The summed E-state index contributed by atoms with van der Waals surface area (Å²) in [6.45, 7) is 0. The number of aliphatic carboxylic acids is 1. The monoisotopic (exact) mass is 153 g/mol. The Morgan fingerprint density at radius 1 is 1.91 bits per heavy atom. The van der Waals surface area contributed by atoms with Crippen molar-refractivity contribution >= 4 is 12.0 Å². The van der Waals surface area contributed by atoms with Crippen LogP contribution in [0.1, 0.15) is 6.42 Å². The molecule has 0 aromatic carbocycles. The molecule has 1 atom stereocenters. The first-order valence-corrected chi connectivity index (χ1v) is 3.03. The van der Waals surface area contributed by atoms with Crippen LogP contribution in [-0.2, 0) is 4.79 Å². The number of hydrogen-bond acceptors (Lipinski definition) is 4. The Kier molecular flexibility index (Phi) is 2.15. The first kappa shape index (κ1) is 7.65. The molecule has 1 unspecified atom stereocenters. The maximum absolute atomic E-state index is 10.2. The van der Waals surface area contributed by atoms with E-state index in [0.717, 1.165) is 0 Å². The Morgan fingerprint density at radius 3 is 3.09 bits per heavy atom. The molecule has 0 saturated carbocycles. The van der Waals surface area contributed by atoms with Gasteiger partial charge in [-0.1, -0.05) is 0 Å². The molecule has 0 radical (unpaired) electrons. The van der Waals surface area contributed by atoms with Crippen molar-refractivity contribution in [2.75, 3.05) is 0 Å². The zero-order valence-corrected chi connectivity index (χ0v) is 5.69. The smallest absolute Gasteiger partial charge is 0.320 e. The molecular formula is C6H7N3O2. The second-order valence-electron chi connectivity index (χ2n) is 2.11. The first-order chi connectivity index (χ1) is 5.20. The number of carboxylic acid groups (broad SMARTS) is 1. The summed E-state index contributed by atoms with van der Waals surface area (Å²) in [6.07, 6.45) is 1.65. The van der Waals surface area contributed by atoms with Crippen molar-refractivity contribution in [2.45, 2.75) is 12.5 Å². The van der Waals surface area contributed by atoms with Gasteiger partial charge in [0.2, 0.25) is 0 Å². The normalized spacial score (nSPS) is 16.6. The topological polar surface area (TPSA) is 88.0 Å². The quantitative estimate of drug-likeness (QED) is 0.589. The molecule has 0 spiro atoms. The van der Waals surface area contributed by atoms with E-state index in [4.69, 9.17) is 10.8 Å². The number of nitrogens with zero attached hydrogens (tertiary/aromatic N) is 2. The van der Waals surface area contributed by atoms with E-state index in [1.807, 2.05) is 0 Å². The molecule has 1 aliphatic heterocycles. The molecule has 58 valence electrons. The number of aliphatic imine (C=N–C) groups is 2. The molecule has 0 bridgehead atoms. The fraction of sp³-hybridized carbons (Fsp3) is 0.333. The maximum Gasteiger partial charge on any atom is 0.320 e. The van der Waals surface area contributed by atoms with Crippen molar-refractivity contribution < 1.29 is 9.90 Å². The third-order valence-electron chi connectivity index (χ3n) is 1.21. The summed E-state index contributed by atoms with van der Waals surface area (Å²) in [6, 6.07) is 1.42. The predicted octanol–water partition coefficient (Wildman–Crippen LogP) is -0.183. The number of rotatable bonds is 3. The van der Waals surface area contributed by atoms with Gasteiger partial charge in [-0.15, -0.1) is 0 Å². The van der Waals surface area contributed by atoms with E-state index in [1.54, 1.807) is 0 Å². The van der Waals surface area contributed by atoms with E-state index in [-0.39, 0.29) is 6.42 Å². The van der Waals surface area contributed by atoms with Crippen molar-refractivity contribution in [1.82, 2.24) is 0 Å². The molecule has 11 heavy (non-hydrogen) atoms. The predicted molar refractivity (Wildman–Crippen MR) is 38.2 cm³/mol. The summed E-state index contributed by atoms with van der Waals surface area (Å²) in [4.78, 5) is 17.5. The first-order valence-electron chi connectivity index (χ1n) is 3.03. The minimum absolute atomic E-state index is 0.200. The highest BCUT2D eigenvalue weighted by Crippen LogP contribution is 2.08. The zero-order valence-electron chi connectivity index (χ0n) is 5.69. The largest absolute Gasteiger partial charge is 0.480 e. The van der Waals surface area contributed by atoms with E-state index in [2.05, 4.69) is 16.0 Å². The lowest BCUT2D eigenvalue weighted by Crippen LogP contribution is -2.30. The number of hydrogen-bond donors (Lipinski definition) is 2. The van der Waals surface area contributed by atoms with Gasteiger partial charge in [0.05, 0.1) is 17.9 Å². The van der Waals surface area contributed by atoms with E-state index in [1.165, 1.54) is 6.20 Å². The summed E-state index contributed by atoms with van der Waals surface area (Å²) >= 11 is 0. The van der Waals surface area contributed by atoms with Crippen molar-refractivity contribution in [2.24, 2.45) is 15.7 Å². The van der Waals surface area contributed by atoms with Crippen LogP contribution < -0.4 is 5.73 Å². The van der Waals surface area contributed by atoms with Gasteiger partial charge in [0, 0.05) is 6.42 Å². The summed E-state index contributed by atoms with van der Waals surface area (Å²) in [7, 11) is 0. The molecule has 5 nitrogen and oxygen atoms in total. The van der Waals surface area contributed by atoms with Crippen LogP contribution in [0.2, 0.25) is 0 Å². The van der Waals surface area contributed by atoms with Gasteiger partial charge in [-0.2, -0.15) is 9.98 Å². The van der Waals surface area contributed by atoms with Crippen LogP contribution in [0.25, 0.3) is 0 Å². The fourth-order valence-corrected chi connectivity index (χ4v) is 0.636. The van der Waals surface area contributed by atoms with E-state index >= 15 is 0 Å². The highest BCUT2D eigenvalue weighted by molar-refractivity contribution is 5.73. The van der Waals surface area contributed by atoms with Crippen LogP contribution in [0.3, 0.4) is 0 Å². The average Bonchev–Trinajstić information content (AvgIpc) is 2.39. The zero-order chi connectivity index (χ0) is 8.27. The van der Waals surface area contributed by atoms with Crippen molar-refractivity contribution in [3.05, 3.63) is 11.9 Å². The molecule has 0 fully saturated rings. The second-order valence-corrected chi connectivity index (χ2v) is 2.11. The molecule has 0 aromatic heterocycles. The van der Waals surface area contributed by atoms with E-state index in [0.29, 0.717) is 5.70 Å². The molecule has 1 aliphatic rings. The highest BCUT2D eigenvalue weighted by Gasteiger charge is 2.13. The lowest BCUT2D eigenvalue weighted by molar-refractivity contribution is -0.138. The Bertz CT molecular complexity index is 263. The molecule has 0 amide bonds. The average molecular weight is 153 g/mol. The maximum atomic E-state index is 10.2. The van der Waals surface area contributed by atoms with Crippen LogP contribution in [0.5, 0.6) is 0 Å². The van der Waals surface area contributed by atoms with Gasteiger partial charge in [0.1, 0.15) is 6.04 Å². The summed E-state index contributed by atoms with van der Waals surface area (Å²) in [5.74, 6) is -1.03. The Labute approximate surface area is 63.0 Å². The lowest BCUT2D eigenvalue weighted by atomic mass is 10.2. The second kappa shape index (κ2) is 3.09. The third-order valence-corrected chi connectivity index (χ3v) is 1.21. The van der Waals surface area contributed by atoms with Gasteiger partial charge >= 0.3 is 5.97 Å². The third kappa shape index (κ3) is 2.00. The molecule has 3 N–H and O–H groups in total.